The molecule has 5 rings (SSSR count). The molecule has 0 unspecified atom stereocenters. The maximum atomic E-state index is 13.2. The van der Waals surface area contributed by atoms with Crippen LogP contribution in [0.5, 0.6) is 0 Å². The van der Waals surface area contributed by atoms with E-state index < -0.39 is 0 Å². The van der Waals surface area contributed by atoms with Gasteiger partial charge in [-0.05, 0) is 76.9 Å². The van der Waals surface area contributed by atoms with Crippen LogP contribution in [-0.4, -0.2) is 55.2 Å². The maximum Gasteiger partial charge on any atom is 0.278 e. The van der Waals surface area contributed by atoms with Gasteiger partial charge >= 0.3 is 0 Å². The average Bonchev–Trinajstić information content (AvgIpc) is 3.57. The largest absolute Gasteiger partial charge is 0.324 e. The van der Waals surface area contributed by atoms with Crippen LogP contribution in [0.1, 0.15) is 51.7 Å². The van der Waals surface area contributed by atoms with Crippen molar-refractivity contribution in [1.82, 2.24) is 29.1 Å². The number of likely N-dealkylation sites (N-methyl/N-ethyl adjacent to an activating group) is 1. The number of nitrogens with one attached hydrogen (secondary N) is 1. The molecule has 1 amide bonds. The van der Waals surface area contributed by atoms with Crippen LogP contribution in [0.2, 0.25) is 0 Å². The number of hydrogen-bond donors (Lipinski definition) is 1. The number of anilines is 2. The molecular weight excluding hydrogens is 466 g/mol. The highest BCUT2D eigenvalue weighted by molar-refractivity contribution is 5.80. The summed E-state index contributed by atoms with van der Waals surface area (Å²) >= 11 is 0. The van der Waals surface area contributed by atoms with E-state index in [1.807, 2.05) is 39.8 Å². The molecule has 1 aromatic carbocycles. The summed E-state index contributed by atoms with van der Waals surface area (Å²) in [5, 5.41) is 3.78. The number of aromatic nitrogens is 4. The van der Waals surface area contributed by atoms with Gasteiger partial charge in [-0.2, -0.15) is 4.98 Å². The Morgan fingerprint density at radius 2 is 2.08 bits per heavy atom. The molecule has 3 aromatic rings. The van der Waals surface area contributed by atoms with E-state index in [9.17, 15) is 9.59 Å². The molecule has 1 aliphatic carbocycles. The highest BCUT2D eigenvalue weighted by Gasteiger charge is 2.48. The molecule has 9 heteroatoms. The fourth-order valence-corrected chi connectivity index (χ4v) is 5.40. The molecule has 0 bridgehead atoms. The van der Waals surface area contributed by atoms with Gasteiger partial charge in [0.1, 0.15) is 5.39 Å². The molecule has 1 spiro atoms. The molecular formula is C28H35N7O2. The third-order valence-electron chi connectivity index (χ3n) is 7.36. The van der Waals surface area contributed by atoms with Crippen molar-refractivity contribution in [3.8, 4) is 0 Å². The molecule has 194 valence electrons. The van der Waals surface area contributed by atoms with Crippen molar-refractivity contribution in [3.63, 3.8) is 0 Å². The summed E-state index contributed by atoms with van der Waals surface area (Å²) in [5.41, 5.74) is 5.03. The molecule has 3 heterocycles. The zero-order valence-electron chi connectivity index (χ0n) is 22.2. The number of benzene rings is 1. The summed E-state index contributed by atoms with van der Waals surface area (Å²) in [5.74, 6) is 0.413. The lowest BCUT2D eigenvalue weighted by Crippen LogP contribution is -2.35. The highest BCUT2D eigenvalue weighted by atomic mass is 16.1. The van der Waals surface area contributed by atoms with Gasteiger partial charge in [-0.25, -0.2) is 14.3 Å². The van der Waals surface area contributed by atoms with Gasteiger partial charge < -0.3 is 15.1 Å². The minimum absolute atomic E-state index is 0.0361. The standard InChI is InChI=1S/C28H35N7O2/c1-6-8-22(16-33(18-36)19(3)4)35-25-23(26(37)34(35)7-2)14-29-27(31-25)30-21-9-10-24-20(13-21)15-32(5)17-28(24)11-12-28/h6,8-10,13-14,16,18-19H,7,11-12,15,17H2,1-5H3,(H,29,30,31)/b8-6-,22-16+. The first-order valence-corrected chi connectivity index (χ1v) is 13.0. The van der Waals surface area contributed by atoms with Gasteiger partial charge in [0.05, 0.1) is 5.70 Å². The van der Waals surface area contributed by atoms with E-state index >= 15 is 0 Å². The van der Waals surface area contributed by atoms with E-state index in [4.69, 9.17) is 4.98 Å². The second kappa shape index (κ2) is 9.63. The number of nitrogens with zero attached hydrogens (tertiary/aromatic N) is 6. The quantitative estimate of drug-likeness (QED) is 0.370. The Bertz CT molecular complexity index is 1460. The molecule has 0 radical (unpaired) electrons. The fourth-order valence-electron chi connectivity index (χ4n) is 5.40. The number of fused-ring (bicyclic) bond motifs is 3. The van der Waals surface area contributed by atoms with E-state index in [2.05, 4.69) is 40.4 Å². The molecule has 9 nitrogen and oxygen atoms in total. The Hall–Kier alpha value is -3.72. The topological polar surface area (TPSA) is 88.3 Å². The molecule has 1 N–H and O–H groups in total. The van der Waals surface area contributed by atoms with Crippen LogP contribution in [0.4, 0.5) is 11.6 Å². The summed E-state index contributed by atoms with van der Waals surface area (Å²) < 4.78 is 3.38. The van der Waals surface area contributed by atoms with E-state index in [1.54, 1.807) is 26.7 Å². The van der Waals surface area contributed by atoms with Crippen LogP contribution >= 0.6 is 0 Å². The van der Waals surface area contributed by atoms with Crippen molar-refractivity contribution in [1.29, 1.82) is 0 Å². The Labute approximate surface area is 217 Å². The van der Waals surface area contributed by atoms with Crippen molar-refractivity contribution in [3.05, 3.63) is 64.2 Å². The minimum Gasteiger partial charge on any atom is -0.324 e. The molecule has 2 aliphatic rings. The normalized spacial score (nSPS) is 17.1. The van der Waals surface area contributed by atoms with Gasteiger partial charge in [0.15, 0.2) is 5.65 Å². The van der Waals surface area contributed by atoms with Gasteiger partial charge in [0.25, 0.3) is 5.56 Å². The number of rotatable bonds is 8. The van der Waals surface area contributed by atoms with Gasteiger partial charge in [-0.15, -0.1) is 0 Å². The fraction of sp³-hybridized carbons (Fsp3) is 0.429. The van der Waals surface area contributed by atoms with E-state index in [-0.39, 0.29) is 11.6 Å². The average molecular weight is 502 g/mol. The van der Waals surface area contributed by atoms with Gasteiger partial charge in [0.2, 0.25) is 12.4 Å². The van der Waals surface area contributed by atoms with Gasteiger partial charge in [-0.3, -0.25) is 9.59 Å². The summed E-state index contributed by atoms with van der Waals surface area (Å²) in [7, 11) is 2.18. The minimum atomic E-state index is -0.173. The highest BCUT2D eigenvalue weighted by Crippen LogP contribution is 2.52. The van der Waals surface area contributed by atoms with Crippen molar-refractivity contribution >= 4 is 34.8 Å². The Kier molecular flexibility index (Phi) is 6.49. The lowest BCUT2D eigenvalue weighted by molar-refractivity contribution is -0.117. The monoisotopic (exact) mass is 501 g/mol. The molecule has 0 atom stereocenters. The molecule has 0 saturated heterocycles. The Morgan fingerprint density at radius 3 is 2.73 bits per heavy atom. The summed E-state index contributed by atoms with van der Waals surface area (Å²) in [6.07, 6.45) is 10.4. The molecule has 1 saturated carbocycles. The van der Waals surface area contributed by atoms with Crippen LogP contribution in [0.25, 0.3) is 16.7 Å². The number of carbonyl (C=O) groups excluding carboxylic acids is 1. The van der Waals surface area contributed by atoms with Crippen molar-refractivity contribution in [2.24, 2.45) is 0 Å². The Morgan fingerprint density at radius 1 is 1.30 bits per heavy atom. The summed E-state index contributed by atoms with van der Waals surface area (Å²) in [4.78, 5) is 38.1. The summed E-state index contributed by atoms with van der Waals surface area (Å²) in [6.45, 7) is 10.2. The van der Waals surface area contributed by atoms with Gasteiger partial charge in [-0.1, -0.05) is 12.1 Å². The molecule has 1 aliphatic heterocycles. The predicted molar refractivity (Wildman–Crippen MR) is 147 cm³/mol. The zero-order valence-corrected chi connectivity index (χ0v) is 22.2. The second-order valence-corrected chi connectivity index (χ2v) is 10.4. The van der Waals surface area contributed by atoms with Crippen LogP contribution in [0.15, 0.2) is 47.5 Å². The zero-order chi connectivity index (χ0) is 26.3. The Balaban J connectivity index is 1.57. The summed E-state index contributed by atoms with van der Waals surface area (Å²) in [6, 6.07) is 6.49. The number of allylic oxidation sites excluding steroid dienone is 3. The maximum absolute atomic E-state index is 13.2. The third kappa shape index (κ3) is 4.48. The first-order chi connectivity index (χ1) is 17.8. The number of amides is 1. The van der Waals surface area contributed by atoms with E-state index in [1.165, 1.54) is 24.0 Å². The number of carbonyl (C=O) groups is 1. The second-order valence-electron chi connectivity index (χ2n) is 10.4. The molecule has 37 heavy (non-hydrogen) atoms. The number of hydrogen-bond acceptors (Lipinski definition) is 6. The van der Waals surface area contributed by atoms with E-state index in [0.29, 0.717) is 34.6 Å². The first kappa shape index (κ1) is 25.0. The van der Waals surface area contributed by atoms with Crippen LogP contribution in [0, 0.1) is 0 Å². The molecule has 1 fully saturated rings. The molecule has 2 aromatic heterocycles. The van der Waals surface area contributed by atoms with Gasteiger partial charge in [0, 0.05) is 49.2 Å². The lowest BCUT2D eigenvalue weighted by Gasteiger charge is -2.32. The van der Waals surface area contributed by atoms with Crippen molar-refractivity contribution in [2.45, 2.75) is 65.1 Å². The van der Waals surface area contributed by atoms with Crippen molar-refractivity contribution in [2.75, 3.05) is 18.9 Å². The van der Waals surface area contributed by atoms with Crippen LogP contribution in [0.3, 0.4) is 0 Å². The van der Waals surface area contributed by atoms with Crippen LogP contribution in [-0.2, 0) is 23.3 Å². The van der Waals surface area contributed by atoms with E-state index in [0.717, 1.165) is 25.2 Å². The smallest absolute Gasteiger partial charge is 0.278 e. The van der Waals surface area contributed by atoms with Crippen molar-refractivity contribution < 1.29 is 4.79 Å². The first-order valence-electron chi connectivity index (χ1n) is 13.0. The SMILES string of the molecule is C/C=C\C(=C/N(C=O)C(C)C)n1c2nc(Nc3ccc4c(c3)CN(C)CC43CC3)ncc2c(=O)n1CC. The van der Waals surface area contributed by atoms with Crippen LogP contribution < -0.4 is 10.9 Å². The third-order valence-corrected chi connectivity index (χ3v) is 7.36. The lowest BCUT2D eigenvalue weighted by atomic mass is 9.87. The predicted octanol–water partition coefficient (Wildman–Crippen LogP) is 4.07.